The molecule has 22 heavy (non-hydrogen) atoms. The maximum absolute atomic E-state index is 11.5. The van der Waals surface area contributed by atoms with Gasteiger partial charge < -0.3 is 19.3 Å². The van der Waals surface area contributed by atoms with Gasteiger partial charge in [-0.1, -0.05) is 6.07 Å². The molecular weight excluding hydrogens is 292 g/mol. The molecule has 1 rings (SSSR count). The van der Waals surface area contributed by atoms with Crippen LogP contribution in [0.25, 0.3) is 0 Å². The molecule has 0 heterocycles. The number of hydrogen-bond acceptors (Lipinski definition) is 7. The second-order valence-electron chi connectivity index (χ2n) is 4.10. The average Bonchev–Trinajstić information content (AvgIpc) is 2.49. The van der Waals surface area contributed by atoms with Gasteiger partial charge in [0.1, 0.15) is 11.5 Å². The van der Waals surface area contributed by atoms with Gasteiger partial charge >= 0.3 is 17.9 Å². The molecule has 0 spiro atoms. The van der Waals surface area contributed by atoms with E-state index in [-0.39, 0.29) is 30.9 Å². The largest absolute Gasteiger partial charge is 0.508 e. The molecule has 1 N–H and O–H groups in total. The van der Waals surface area contributed by atoms with Gasteiger partial charge in [-0.3, -0.25) is 4.79 Å². The van der Waals surface area contributed by atoms with E-state index in [4.69, 9.17) is 9.47 Å². The van der Waals surface area contributed by atoms with E-state index in [2.05, 4.69) is 4.74 Å². The lowest BCUT2D eigenvalue weighted by Crippen LogP contribution is -2.10. The Morgan fingerprint density at radius 2 is 1.91 bits per heavy atom. The molecule has 0 amide bonds. The summed E-state index contributed by atoms with van der Waals surface area (Å²) in [6.45, 7) is 0.0134. The van der Waals surface area contributed by atoms with Crippen molar-refractivity contribution in [2.24, 2.45) is 0 Å². The summed E-state index contributed by atoms with van der Waals surface area (Å²) < 4.78 is 14.1. The molecule has 0 aliphatic carbocycles. The summed E-state index contributed by atoms with van der Waals surface area (Å²) in [5, 5.41) is 9.22. The fourth-order valence-corrected chi connectivity index (χ4v) is 1.37. The SMILES string of the molecule is COC(=O)/C=C\C(=O)OCCCC(=O)Oc1cccc(O)c1. The first-order valence-electron chi connectivity index (χ1n) is 6.44. The number of hydrogen-bond donors (Lipinski definition) is 1. The predicted molar refractivity (Wildman–Crippen MR) is 75.1 cm³/mol. The van der Waals surface area contributed by atoms with E-state index in [9.17, 15) is 19.5 Å². The highest BCUT2D eigenvalue weighted by atomic mass is 16.5. The van der Waals surface area contributed by atoms with E-state index in [1.807, 2.05) is 0 Å². The van der Waals surface area contributed by atoms with Crippen molar-refractivity contribution in [3.8, 4) is 11.5 Å². The predicted octanol–water partition coefficient (Wildman–Crippen LogP) is 1.35. The quantitative estimate of drug-likeness (QED) is 0.351. The number of aromatic hydroxyl groups is 1. The standard InChI is InChI=1S/C15H16O7/c1-20-13(17)7-8-14(18)21-9-3-6-15(19)22-12-5-2-4-11(16)10-12/h2,4-5,7-8,10,16H,3,6,9H2,1H3/b8-7-. The van der Waals surface area contributed by atoms with Gasteiger partial charge in [0.2, 0.25) is 0 Å². The second-order valence-corrected chi connectivity index (χ2v) is 4.10. The molecule has 0 fully saturated rings. The molecule has 0 bridgehead atoms. The Balaban J connectivity index is 2.21. The third-order valence-corrected chi connectivity index (χ3v) is 2.38. The van der Waals surface area contributed by atoms with E-state index in [1.165, 1.54) is 25.3 Å². The molecule has 0 saturated carbocycles. The van der Waals surface area contributed by atoms with Crippen LogP contribution < -0.4 is 4.74 Å². The fourth-order valence-electron chi connectivity index (χ4n) is 1.37. The van der Waals surface area contributed by atoms with E-state index >= 15 is 0 Å². The van der Waals surface area contributed by atoms with Gasteiger partial charge in [-0.2, -0.15) is 0 Å². The number of phenols is 1. The number of esters is 3. The molecule has 0 aliphatic heterocycles. The summed E-state index contributed by atoms with van der Waals surface area (Å²) in [7, 11) is 1.19. The molecular formula is C15H16O7. The van der Waals surface area contributed by atoms with Crippen LogP contribution in [0, 0.1) is 0 Å². The molecule has 0 aliphatic rings. The molecule has 0 unspecified atom stereocenters. The first kappa shape index (κ1) is 17.2. The molecule has 118 valence electrons. The van der Waals surface area contributed by atoms with Gasteiger partial charge in [0.15, 0.2) is 0 Å². The number of phenolic OH excluding ortho intramolecular Hbond substituents is 1. The van der Waals surface area contributed by atoms with Crippen molar-refractivity contribution < 1.29 is 33.7 Å². The number of methoxy groups -OCH3 is 1. The minimum absolute atomic E-state index is 0.00313. The van der Waals surface area contributed by atoms with Crippen molar-refractivity contribution in [2.45, 2.75) is 12.8 Å². The van der Waals surface area contributed by atoms with Gasteiger partial charge in [0, 0.05) is 24.6 Å². The zero-order valence-corrected chi connectivity index (χ0v) is 12.0. The van der Waals surface area contributed by atoms with Gasteiger partial charge in [-0.05, 0) is 18.6 Å². The minimum atomic E-state index is -0.702. The highest BCUT2D eigenvalue weighted by molar-refractivity contribution is 5.91. The molecule has 1 aromatic rings. The van der Waals surface area contributed by atoms with Gasteiger partial charge in [0.25, 0.3) is 0 Å². The van der Waals surface area contributed by atoms with E-state index in [1.54, 1.807) is 6.07 Å². The van der Waals surface area contributed by atoms with Crippen LogP contribution in [-0.2, 0) is 23.9 Å². The number of benzene rings is 1. The average molecular weight is 308 g/mol. The normalized spacial score (nSPS) is 10.2. The summed E-state index contributed by atoms with van der Waals surface area (Å²) >= 11 is 0. The number of carbonyl (C=O) groups excluding carboxylic acids is 3. The van der Waals surface area contributed by atoms with Crippen molar-refractivity contribution in [3.63, 3.8) is 0 Å². The lowest BCUT2D eigenvalue weighted by atomic mass is 10.3. The summed E-state index contributed by atoms with van der Waals surface area (Å²) in [5.41, 5.74) is 0. The van der Waals surface area contributed by atoms with Gasteiger partial charge in [-0.15, -0.1) is 0 Å². The van der Waals surface area contributed by atoms with Crippen molar-refractivity contribution in [1.82, 2.24) is 0 Å². The third kappa shape index (κ3) is 7.09. The van der Waals surface area contributed by atoms with Crippen LogP contribution in [0.5, 0.6) is 11.5 Å². The van der Waals surface area contributed by atoms with Crippen molar-refractivity contribution in [2.75, 3.05) is 13.7 Å². The van der Waals surface area contributed by atoms with Crippen LogP contribution in [0.3, 0.4) is 0 Å². The zero-order valence-electron chi connectivity index (χ0n) is 12.0. The molecule has 1 aromatic carbocycles. The molecule has 0 saturated heterocycles. The smallest absolute Gasteiger partial charge is 0.331 e. The Morgan fingerprint density at radius 3 is 2.59 bits per heavy atom. The maximum atomic E-state index is 11.5. The molecule has 0 aromatic heterocycles. The Morgan fingerprint density at radius 1 is 1.18 bits per heavy atom. The topological polar surface area (TPSA) is 99.1 Å². The van der Waals surface area contributed by atoms with Crippen molar-refractivity contribution in [1.29, 1.82) is 0 Å². The van der Waals surface area contributed by atoms with Gasteiger partial charge in [0.05, 0.1) is 13.7 Å². The first-order chi connectivity index (χ1) is 10.5. The third-order valence-electron chi connectivity index (χ3n) is 2.38. The lowest BCUT2D eigenvalue weighted by Gasteiger charge is -2.05. The highest BCUT2D eigenvalue weighted by Crippen LogP contribution is 2.18. The Bertz CT molecular complexity index is 563. The van der Waals surface area contributed by atoms with E-state index in [0.29, 0.717) is 0 Å². The zero-order chi connectivity index (χ0) is 16.4. The van der Waals surface area contributed by atoms with Gasteiger partial charge in [-0.25, -0.2) is 9.59 Å². The van der Waals surface area contributed by atoms with Crippen molar-refractivity contribution in [3.05, 3.63) is 36.4 Å². The van der Waals surface area contributed by atoms with Crippen LogP contribution in [0.4, 0.5) is 0 Å². The Labute approximate surface area is 127 Å². The Hall–Kier alpha value is -2.83. The number of rotatable bonds is 7. The second kappa shape index (κ2) is 9.17. The number of carbonyl (C=O) groups is 3. The van der Waals surface area contributed by atoms with Crippen LogP contribution in [0.2, 0.25) is 0 Å². The Kier molecular flexibility index (Phi) is 7.18. The van der Waals surface area contributed by atoms with E-state index < -0.39 is 17.9 Å². The van der Waals surface area contributed by atoms with Crippen LogP contribution in [0.15, 0.2) is 36.4 Å². The fraction of sp³-hybridized carbons (Fsp3) is 0.267. The molecule has 7 heteroatoms. The first-order valence-corrected chi connectivity index (χ1v) is 6.44. The summed E-state index contributed by atoms with van der Waals surface area (Å²) in [5.74, 6) is -1.63. The summed E-state index contributed by atoms with van der Waals surface area (Å²) in [6, 6.07) is 5.86. The summed E-state index contributed by atoms with van der Waals surface area (Å²) in [4.78, 5) is 33.4. The molecule has 0 atom stereocenters. The summed E-state index contributed by atoms with van der Waals surface area (Å²) in [6.07, 6.45) is 2.20. The van der Waals surface area contributed by atoms with E-state index in [0.717, 1.165) is 12.2 Å². The van der Waals surface area contributed by atoms with Crippen LogP contribution >= 0.6 is 0 Å². The maximum Gasteiger partial charge on any atom is 0.331 e. The molecule has 7 nitrogen and oxygen atoms in total. The number of ether oxygens (including phenoxy) is 3. The van der Waals surface area contributed by atoms with Crippen molar-refractivity contribution >= 4 is 17.9 Å². The van der Waals surface area contributed by atoms with Crippen LogP contribution in [0.1, 0.15) is 12.8 Å². The molecule has 0 radical (unpaired) electrons. The minimum Gasteiger partial charge on any atom is -0.508 e. The van der Waals surface area contributed by atoms with Crippen LogP contribution in [-0.4, -0.2) is 36.7 Å². The highest BCUT2D eigenvalue weighted by Gasteiger charge is 2.06. The monoisotopic (exact) mass is 308 g/mol. The lowest BCUT2D eigenvalue weighted by molar-refractivity contribution is -0.140.